The van der Waals surface area contributed by atoms with Gasteiger partial charge in [0.15, 0.2) is 0 Å². The lowest BCUT2D eigenvalue weighted by atomic mass is 10.3. The second kappa shape index (κ2) is 6.52. The second-order valence-electron chi connectivity index (χ2n) is 2.75. The lowest BCUT2D eigenvalue weighted by Crippen LogP contribution is -2.18. The minimum Gasteiger partial charge on any atom is -0.463 e. The summed E-state index contributed by atoms with van der Waals surface area (Å²) in [4.78, 5) is 13.3. The van der Waals surface area contributed by atoms with Crippen molar-refractivity contribution >= 4 is 5.97 Å². The van der Waals surface area contributed by atoms with Gasteiger partial charge >= 0.3 is 5.97 Å². The van der Waals surface area contributed by atoms with E-state index < -0.39 is 0 Å². The first-order chi connectivity index (χ1) is 6.15. The zero-order valence-electron chi connectivity index (χ0n) is 8.96. The highest BCUT2D eigenvalue weighted by Gasteiger charge is 2.05. The Morgan fingerprint density at radius 1 is 1.31 bits per heavy atom. The second-order valence-corrected chi connectivity index (χ2v) is 2.75. The van der Waals surface area contributed by atoms with Crippen LogP contribution in [0, 0.1) is 0 Å². The molecule has 0 saturated carbocycles. The van der Waals surface area contributed by atoms with Crippen molar-refractivity contribution in [2.24, 2.45) is 0 Å². The smallest absolute Gasteiger partial charge is 0.335 e. The molecule has 0 unspecified atom stereocenters. The quantitative estimate of drug-likeness (QED) is 0.483. The van der Waals surface area contributed by atoms with Crippen LogP contribution in [0.15, 0.2) is 11.8 Å². The molecule has 0 aromatic heterocycles. The van der Waals surface area contributed by atoms with E-state index in [4.69, 9.17) is 4.74 Å². The zero-order chi connectivity index (χ0) is 10.3. The molecular weight excluding hydrogens is 166 g/mol. The third-order valence-corrected chi connectivity index (χ3v) is 1.79. The van der Waals surface area contributed by atoms with Crippen molar-refractivity contribution in [3.05, 3.63) is 11.8 Å². The molecule has 0 aliphatic heterocycles. The molecule has 0 atom stereocenters. The molecule has 0 aliphatic carbocycles. The first-order valence-electron chi connectivity index (χ1n) is 4.75. The molecule has 0 radical (unpaired) electrons. The summed E-state index contributed by atoms with van der Waals surface area (Å²) in [6.07, 6.45) is 1.85. The number of hydrogen-bond donors (Lipinski definition) is 0. The number of esters is 1. The van der Waals surface area contributed by atoms with E-state index in [0.717, 1.165) is 13.1 Å². The minimum absolute atomic E-state index is 0.227. The normalized spacial score (nSPS) is 11.2. The van der Waals surface area contributed by atoms with Crippen LogP contribution in [0.25, 0.3) is 0 Å². The van der Waals surface area contributed by atoms with Crippen molar-refractivity contribution in [3.63, 3.8) is 0 Å². The molecule has 3 nitrogen and oxygen atoms in total. The van der Waals surface area contributed by atoms with Crippen LogP contribution in [0.1, 0.15) is 27.7 Å². The Kier molecular flexibility index (Phi) is 6.02. The number of ether oxygens (including phenoxy) is 1. The molecule has 0 saturated heterocycles. The van der Waals surface area contributed by atoms with Gasteiger partial charge in [0.1, 0.15) is 0 Å². The number of carbonyl (C=O) groups is 1. The molecule has 0 aliphatic rings. The fourth-order valence-electron chi connectivity index (χ4n) is 0.978. The Morgan fingerprint density at radius 2 is 1.85 bits per heavy atom. The van der Waals surface area contributed by atoms with Crippen molar-refractivity contribution < 1.29 is 9.53 Å². The Labute approximate surface area is 80.4 Å². The van der Waals surface area contributed by atoms with Gasteiger partial charge in [-0.05, 0) is 27.7 Å². The lowest BCUT2D eigenvalue weighted by molar-refractivity contribution is -0.138. The molecule has 76 valence electrons. The Morgan fingerprint density at radius 3 is 2.23 bits per heavy atom. The van der Waals surface area contributed by atoms with E-state index in [2.05, 4.69) is 18.7 Å². The summed E-state index contributed by atoms with van der Waals surface area (Å²) in [5.74, 6) is -0.227. The van der Waals surface area contributed by atoms with E-state index in [0.29, 0.717) is 12.2 Å². The van der Waals surface area contributed by atoms with Gasteiger partial charge in [-0.15, -0.1) is 0 Å². The maximum atomic E-state index is 11.2. The molecule has 0 heterocycles. The third-order valence-electron chi connectivity index (χ3n) is 1.79. The molecule has 0 aromatic carbocycles. The maximum Gasteiger partial charge on any atom is 0.335 e. The highest BCUT2D eigenvalue weighted by Crippen LogP contribution is 1.99. The predicted molar refractivity (Wildman–Crippen MR) is 53.3 cm³/mol. The van der Waals surface area contributed by atoms with Crippen LogP contribution in [-0.4, -0.2) is 30.6 Å². The van der Waals surface area contributed by atoms with Crippen LogP contribution in [0.5, 0.6) is 0 Å². The molecule has 0 bridgehead atoms. The highest BCUT2D eigenvalue weighted by atomic mass is 16.5. The van der Waals surface area contributed by atoms with Crippen LogP contribution in [-0.2, 0) is 9.53 Å². The standard InChI is InChI=1S/C10H19NO2/c1-5-11(6-2)8-9(4)10(12)13-7-3/h8H,5-7H2,1-4H3/b9-8-. The van der Waals surface area contributed by atoms with Crippen LogP contribution < -0.4 is 0 Å². The van der Waals surface area contributed by atoms with Crippen LogP contribution in [0.4, 0.5) is 0 Å². The van der Waals surface area contributed by atoms with E-state index in [9.17, 15) is 4.79 Å². The summed E-state index contributed by atoms with van der Waals surface area (Å²) >= 11 is 0. The van der Waals surface area contributed by atoms with Crippen molar-refractivity contribution in [2.75, 3.05) is 19.7 Å². The zero-order valence-corrected chi connectivity index (χ0v) is 8.96. The van der Waals surface area contributed by atoms with Gasteiger partial charge in [0.2, 0.25) is 0 Å². The van der Waals surface area contributed by atoms with E-state index in [-0.39, 0.29) is 5.97 Å². The van der Waals surface area contributed by atoms with Gasteiger partial charge in [0.25, 0.3) is 0 Å². The molecule has 3 heteroatoms. The first-order valence-corrected chi connectivity index (χ1v) is 4.75. The molecule has 0 rings (SSSR count). The summed E-state index contributed by atoms with van der Waals surface area (Å²) < 4.78 is 4.86. The first kappa shape index (κ1) is 12.0. The van der Waals surface area contributed by atoms with Crippen LogP contribution >= 0.6 is 0 Å². The van der Waals surface area contributed by atoms with Gasteiger partial charge in [-0.2, -0.15) is 0 Å². The van der Waals surface area contributed by atoms with Gasteiger partial charge in [-0.3, -0.25) is 0 Å². The van der Waals surface area contributed by atoms with Crippen molar-refractivity contribution in [1.82, 2.24) is 4.90 Å². The molecule has 13 heavy (non-hydrogen) atoms. The number of hydrogen-bond acceptors (Lipinski definition) is 3. The summed E-state index contributed by atoms with van der Waals surface area (Å²) in [5.41, 5.74) is 0.658. The van der Waals surface area contributed by atoms with Crippen LogP contribution in [0.2, 0.25) is 0 Å². The molecule has 0 spiro atoms. The SMILES string of the molecule is CCOC(=O)/C(C)=C\N(CC)CC. The minimum atomic E-state index is -0.227. The van der Waals surface area contributed by atoms with E-state index >= 15 is 0 Å². The molecule has 0 amide bonds. The molecule has 0 N–H and O–H groups in total. The molecule has 0 aromatic rings. The summed E-state index contributed by atoms with van der Waals surface area (Å²) in [6, 6.07) is 0. The molecule has 0 fully saturated rings. The van der Waals surface area contributed by atoms with Gasteiger partial charge in [0.05, 0.1) is 6.61 Å². The van der Waals surface area contributed by atoms with Gasteiger partial charge in [-0.1, -0.05) is 0 Å². The largest absolute Gasteiger partial charge is 0.463 e. The average molecular weight is 185 g/mol. The molecular formula is C10H19NO2. The summed E-state index contributed by atoms with van der Waals surface area (Å²) in [7, 11) is 0. The monoisotopic (exact) mass is 185 g/mol. The van der Waals surface area contributed by atoms with E-state index in [1.54, 1.807) is 6.92 Å². The van der Waals surface area contributed by atoms with Crippen molar-refractivity contribution in [3.8, 4) is 0 Å². The summed E-state index contributed by atoms with van der Waals surface area (Å²) in [5, 5.41) is 0. The predicted octanol–water partition coefficient (Wildman–Crippen LogP) is 1.80. The maximum absolute atomic E-state index is 11.2. The Bertz CT molecular complexity index is 183. The van der Waals surface area contributed by atoms with Crippen LogP contribution in [0.3, 0.4) is 0 Å². The topological polar surface area (TPSA) is 29.5 Å². The third kappa shape index (κ3) is 4.55. The van der Waals surface area contributed by atoms with Crippen molar-refractivity contribution in [1.29, 1.82) is 0 Å². The highest BCUT2D eigenvalue weighted by molar-refractivity contribution is 5.87. The lowest BCUT2D eigenvalue weighted by Gasteiger charge is -2.16. The average Bonchev–Trinajstić information content (AvgIpc) is 2.14. The van der Waals surface area contributed by atoms with E-state index in [1.165, 1.54) is 0 Å². The summed E-state index contributed by atoms with van der Waals surface area (Å²) in [6.45, 7) is 9.94. The van der Waals surface area contributed by atoms with Gasteiger partial charge in [0, 0.05) is 24.9 Å². The van der Waals surface area contributed by atoms with Crippen molar-refractivity contribution in [2.45, 2.75) is 27.7 Å². The van der Waals surface area contributed by atoms with E-state index in [1.807, 2.05) is 13.1 Å². The van der Waals surface area contributed by atoms with Gasteiger partial charge < -0.3 is 9.64 Å². The van der Waals surface area contributed by atoms with Gasteiger partial charge in [-0.25, -0.2) is 4.79 Å². The fourth-order valence-corrected chi connectivity index (χ4v) is 0.978. The Hall–Kier alpha value is -0.990. The number of nitrogens with zero attached hydrogens (tertiary/aromatic N) is 1. The number of carbonyl (C=O) groups excluding carboxylic acids is 1. The Balaban J connectivity index is 4.20. The fraction of sp³-hybridized carbons (Fsp3) is 0.700. The number of rotatable bonds is 5.